The van der Waals surface area contributed by atoms with Crippen molar-refractivity contribution in [2.45, 2.75) is 19.3 Å². The molecule has 1 saturated heterocycles. The number of hydrogen-bond acceptors (Lipinski definition) is 5. The third kappa shape index (κ3) is 2.90. The maximum atomic E-state index is 11.4. The van der Waals surface area contributed by atoms with Crippen molar-refractivity contribution in [2.75, 3.05) is 11.5 Å². The number of pyridine rings is 1. The zero-order valence-electron chi connectivity index (χ0n) is 11.3. The van der Waals surface area contributed by atoms with Gasteiger partial charge < -0.3 is 5.11 Å². The second-order valence-electron chi connectivity index (χ2n) is 5.37. The van der Waals surface area contributed by atoms with Crippen molar-refractivity contribution >= 4 is 21.5 Å². The molecule has 0 saturated carbocycles. The molecule has 0 radical (unpaired) electrons. The van der Waals surface area contributed by atoms with Crippen molar-refractivity contribution < 1.29 is 18.3 Å². The lowest BCUT2D eigenvalue weighted by Crippen LogP contribution is -2.25. The number of hydrogen-bond donors (Lipinski definition) is 1. The van der Waals surface area contributed by atoms with Crippen LogP contribution in [0.5, 0.6) is 0 Å². The molecule has 0 spiro atoms. The first-order valence-corrected chi connectivity index (χ1v) is 8.54. The minimum atomic E-state index is -2.88. The molecule has 112 valence electrons. The van der Waals surface area contributed by atoms with Crippen LogP contribution in [0.25, 0.3) is 5.65 Å². The molecule has 1 N–H and O–H groups in total. The van der Waals surface area contributed by atoms with Gasteiger partial charge in [-0.25, -0.2) is 13.2 Å². The van der Waals surface area contributed by atoms with Crippen LogP contribution in [0.3, 0.4) is 0 Å². The predicted molar refractivity (Wildman–Crippen MR) is 75.0 cm³/mol. The Balaban J connectivity index is 1.84. The van der Waals surface area contributed by atoms with Crippen molar-refractivity contribution in [3.8, 4) is 0 Å². The van der Waals surface area contributed by atoms with E-state index in [1.165, 1.54) is 12.3 Å². The first kappa shape index (κ1) is 14.0. The highest BCUT2D eigenvalue weighted by Crippen LogP contribution is 2.22. The summed E-state index contributed by atoms with van der Waals surface area (Å²) in [6.07, 6.45) is 3.36. The lowest BCUT2D eigenvalue weighted by molar-refractivity contribution is 0.0696. The van der Waals surface area contributed by atoms with E-state index in [4.69, 9.17) is 5.11 Å². The Hall–Kier alpha value is -1.96. The van der Waals surface area contributed by atoms with Crippen molar-refractivity contribution in [3.05, 3.63) is 29.7 Å². The summed E-state index contributed by atoms with van der Waals surface area (Å²) in [5.74, 6) is 0.357. The molecule has 2 aromatic rings. The fraction of sp³-hybridized carbons (Fsp3) is 0.462. The Kier molecular flexibility index (Phi) is 3.40. The van der Waals surface area contributed by atoms with Gasteiger partial charge in [0.1, 0.15) is 15.7 Å². The fourth-order valence-corrected chi connectivity index (χ4v) is 4.19. The van der Waals surface area contributed by atoms with Crippen molar-refractivity contribution in [3.63, 3.8) is 0 Å². The van der Waals surface area contributed by atoms with Gasteiger partial charge in [0, 0.05) is 12.6 Å². The molecule has 3 heterocycles. The second kappa shape index (κ2) is 5.10. The van der Waals surface area contributed by atoms with Gasteiger partial charge in [0.25, 0.3) is 0 Å². The highest BCUT2D eigenvalue weighted by molar-refractivity contribution is 7.91. The van der Waals surface area contributed by atoms with E-state index in [0.29, 0.717) is 30.7 Å². The molecule has 0 amide bonds. The Morgan fingerprint density at radius 3 is 2.67 bits per heavy atom. The van der Waals surface area contributed by atoms with Gasteiger partial charge in [-0.2, -0.15) is 0 Å². The maximum Gasteiger partial charge on any atom is 0.337 e. The number of carboxylic acid groups (broad SMARTS) is 1. The van der Waals surface area contributed by atoms with Gasteiger partial charge in [0.15, 0.2) is 5.65 Å². The van der Waals surface area contributed by atoms with Crippen molar-refractivity contribution in [1.82, 2.24) is 14.6 Å². The summed E-state index contributed by atoms with van der Waals surface area (Å²) >= 11 is 0. The third-order valence-electron chi connectivity index (χ3n) is 3.87. The molecule has 1 aliphatic rings. The third-order valence-corrected chi connectivity index (χ3v) is 5.58. The Morgan fingerprint density at radius 2 is 2.00 bits per heavy atom. The van der Waals surface area contributed by atoms with E-state index in [9.17, 15) is 13.2 Å². The zero-order valence-corrected chi connectivity index (χ0v) is 12.1. The van der Waals surface area contributed by atoms with E-state index in [1.54, 1.807) is 10.5 Å². The summed E-state index contributed by atoms with van der Waals surface area (Å²) in [4.78, 5) is 11.0. The number of carbonyl (C=O) groups is 1. The Morgan fingerprint density at radius 1 is 1.29 bits per heavy atom. The molecule has 1 fully saturated rings. The lowest BCUT2D eigenvalue weighted by atomic mass is 9.98. The largest absolute Gasteiger partial charge is 0.478 e. The van der Waals surface area contributed by atoms with Crippen LogP contribution in [-0.2, 0) is 16.3 Å². The van der Waals surface area contributed by atoms with Gasteiger partial charge in [-0.1, -0.05) is 0 Å². The van der Waals surface area contributed by atoms with Crippen LogP contribution < -0.4 is 0 Å². The average Bonchev–Trinajstić information content (AvgIpc) is 2.83. The van der Waals surface area contributed by atoms with Crippen molar-refractivity contribution in [1.29, 1.82) is 0 Å². The molecule has 21 heavy (non-hydrogen) atoms. The molecule has 7 nitrogen and oxygen atoms in total. The van der Waals surface area contributed by atoms with Gasteiger partial charge in [-0.3, -0.25) is 4.40 Å². The monoisotopic (exact) mass is 309 g/mol. The van der Waals surface area contributed by atoms with Gasteiger partial charge >= 0.3 is 5.97 Å². The number of carboxylic acids is 1. The number of rotatable bonds is 3. The quantitative estimate of drug-likeness (QED) is 0.899. The maximum absolute atomic E-state index is 11.4. The van der Waals surface area contributed by atoms with Crippen LogP contribution in [0.2, 0.25) is 0 Å². The highest BCUT2D eigenvalue weighted by atomic mass is 32.2. The van der Waals surface area contributed by atoms with Crippen LogP contribution in [-0.4, -0.2) is 45.6 Å². The normalized spacial score (nSPS) is 18.9. The molecule has 0 unspecified atom stereocenters. The summed E-state index contributed by atoms with van der Waals surface area (Å²) in [7, 11) is -2.88. The van der Waals surface area contributed by atoms with E-state index in [-0.39, 0.29) is 23.0 Å². The molecule has 1 aliphatic heterocycles. The van der Waals surface area contributed by atoms with E-state index >= 15 is 0 Å². The lowest BCUT2D eigenvalue weighted by Gasteiger charge is -2.20. The number of nitrogens with zero attached hydrogens (tertiary/aromatic N) is 3. The number of aromatic nitrogens is 3. The van der Waals surface area contributed by atoms with Gasteiger partial charge in [0.05, 0.1) is 17.1 Å². The summed E-state index contributed by atoms with van der Waals surface area (Å²) in [5.41, 5.74) is 0.771. The SMILES string of the molecule is O=C(O)c1ccc2nnc(CC3CCS(=O)(=O)CC3)n2c1. The van der Waals surface area contributed by atoms with Gasteiger partial charge in [-0.05, 0) is 30.9 Å². The number of aromatic carboxylic acids is 1. The fourth-order valence-electron chi connectivity index (χ4n) is 2.61. The van der Waals surface area contributed by atoms with Gasteiger partial charge in [-0.15, -0.1) is 10.2 Å². The molecule has 0 bridgehead atoms. The molecular weight excluding hydrogens is 294 g/mol. The first-order valence-electron chi connectivity index (χ1n) is 6.72. The van der Waals surface area contributed by atoms with E-state index < -0.39 is 15.8 Å². The van der Waals surface area contributed by atoms with E-state index in [1.807, 2.05) is 0 Å². The van der Waals surface area contributed by atoms with Crippen LogP contribution in [0.15, 0.2) is 18.3 Å². The summed E-state index contributed by atoms with van der Waals surface area (Å²) in [6.45, 7) is 0. The smallest absolute Gasteiger partial charge is 0.337 e. The number of fused-ring (bicyclic) bond motifs is 1. The second-order valence-corrected chi connectivity index (χ2v) is 7.67. The molecule has 2 aromatic heterocycles. The Bertz CT molecular complexity index is 783. The minimum absolute atomic E-state index is 0.176. The van der Waals surface area contributed by atoms with E-state index in [2.05, 4.69) is 10.2 Å². The Labute approximate surface area is 121 Å². The summed E-state index contributed by atoms with van der Waals surface area (Å²) in [5, 5.41) is 17.1. The number of sulfone groups is 1. The van der Waals surface area contributed by atoms with Crippen LogP contribution in [0.4, 0.5) is 0 Å². The molecule has 8 heteroatoms. The first-order chi connectivity index (χ1) is 9.94. The molecule has 0 atom stereocenters. The average molecular weight is 309 g/mol. The summed E-state index contributed by atoms with van der Waals surface area (Å²) < 4.78 is 24.5. The van der Waals surface area contributed by atoms with Crippen molar-refractivity contribution in [2.24, 2.45) is 5.92 Å². The van der Waals surface area contributed by atoms with Crippen LogP contribution in [0.1, 0.15) is 29.0 Å². The molecular formula is C13H15N3O4S. The standard InChI is InChI=1S/C13H15N3O4S/c17-13(18)10-1-2-11-14-15-12(16(11)8-10)7-9-3-5-21(19,20)6-4-9/h1-2,8-9H,3-7H2,(H,17,18). The summed E-state index contributed by atoms with van der Waals surface area (Å²) in [6, 6.07) is 3.11. The zero-order chi connectivity index (χ0) is 15.0. The predicted octanol–water partition coefficient (Wildman–Crippen LogP) is 0.795. The van der Waals surface area contributed by atoms with Crippen LogP contribution in [0, 0.1) is 5.92 Å². The molecule has 3 rings (SSSR count). The minimum Gasteiger partial charge on any atom is -0.478 e. The topological polar surface area (TPSA) is 102 Å². The highest BCUT2D eigenvalue weighted by Gasteiger charge is 2.25. The van der Waals surface area contributed by atoms with Crippen LogP contribution >= 0.6 is 0 Å². The van der Waals surface area contributed by atoms with E-state index in [0.717, 1.165) is 0 Å². The van der Waals surface area contributed by atoms with Gasteiger partial charge in [0.2, 0.25) is 0 Å². The molecule has 0 aromatic carbocycles. The molecule has 0 aliphatic carbocycles.